The highest BCUT2D eigenvalue weighted by atomic mass is 35.5. The summed E-state index contributed by atoms with van der Waals surface area (Å²) < 4.78 is 5.84. The molecule has 33 heavy (non-hydrogen) atoms. The fraction of sp³-hybridized carbons (Fsp3) is 0.381. The molecule has 0 spiro atoms. The number of amides is 2. The lowest BCUT2D eigenvalue weighted by molar-refractivity contribution is -0.128. The van der Waals surface area contributed by atoms with Gasteiger partial charge in [0.2, 0.25) is 11.0 Å². The summed E-state index contributed by atoms with van der Waals surface area (Å²) in [6.07, 6.45) is 2.15. The zero-order chi connectivity index (χ0) is 22.8. The van der Waals surface area contributed by atoms with Gasteiger partial charge in [-0.15, -0.1) is 10.2 Å². The van der Waals surface area contributed by atoms with Crippen LogP contribution in [0.3, 0.4) is 0 Å². The van der Waals surface area contributed by atoms with Crippen LogP contribution in [0.1, 0.15) is 35.0 Å². The maximum absolute atomic E-state index is 12.6. The number of hydrogen-bond donors (Lipinski definition) is 1. The van der Waals surface area contributed by atoms with Crippen LogP contribution in [-0.4, -0.2) is 64.0 Å². The quantitative estimate of drug-likeness (QED) is 0.383. The first-order chi connectivity index (χ1) is 16.0. The highest BCUT2D eigenvalue weighted by Crippen LogP contribution is 2.40. The number of piperazine rings is 1. The fourth-order valence-corrected chi connectivity index (χ4v) is 5.29. The van der Waals surface area contributed by atoms with Gasteiger partial charge in [0, 0.05) is 48.9 Å². The Morgan fingerprint density at radius 2 is 1.91 bits per heavy atom. The van der Waals surface area contributed by atoms with Crippen LogP contribution in [0.25, 0.3) is 0 Å². The molecule has 2 aromatic heterocycles. The molecular weight excluding hydrogens is 484 g/mol. The minimum Gasteiger partial charge on any atom is -0.368 e. The fourth-order valence-electron chi connectivity index (χ4n) is 3.52. The van der Waals surface area contributed by atoms with Gasteiger partial charge in [0.1, 0.15) is 5.76 Å². The Hall–Kier alpha value is -2.63. The Morgan fingerprint density at radius 1 is 1.15 bits per heavy atom. The van der Waals surface area contributed by atoms with E-state index in [9.17, 15) is 9.59 Å². The van der Waals surface area contributed by atoms with Crippen molar-refractivity contribution in [2.45, 2.75) is 23.1 Å². The number of rotatable bonds is 7. The zero-order valence-electron chi connectivity index (χ0n) is 17.6. The standard InChI is InChI=1S/C21H21ClN6O3S2/c22-14-3-5-15(6-4-14)27-7-9-28(10-8-27)18(29)12-32-21-25-24-20(33-21)23-19(30)16-11-17(31-26-16)13-1-2-13/h3-6,11,13H,1-2,7-10,12H2,(H,23,24,30). The number of hydrogen-bond acceptors (Lipinski definition) is 9. The predicted molar refractivity (Wildman–Crippen MR) is 127 cm³/mol. The first-order valence-electron chi connectivity index (χ1n) is 10.6. The summed E-state index contributed by atoms with van der Waals surface area (Å²) in [7, 11) is 0. The zero-order valence-corrected chi connectivity index (χ0v) is 20.0. The van der Waals surface area contributed by atoms with E-state index in [1.807, 2.05) is 29.2 Å². The molecule has 12 heteroatoms. The second-order valence-electron chi connectivity index (χ2n) is 7.85. The molecule has 0 unspecified atom stereocenters. The molecule has 0 atom stereocenters. The number of benzene rings is 1. The molecule has 1 saturated heterocycles. The van der Waals surface area contributed by atoms with Gasteiger partial charge in [0.25, 0.3) is 5.91 Å². The van der Waals surface area contributed by atoms with Crippen LogP contribution in [0.2, 0.25) is 5.02 Å². The molecule has 2 fully saturated rings. The number of carbonyl (C=O) groups is 2. The molecule has 172 valence electrons. The van der Waals surface area contributed by atoms with Crippen molar-refractivity contribution in [2.24, 2.45) is 0 Å². The summed E-state index contributed by atoms with van der Waals surface area (Å²) in [6.45, 7) is 2.88. The summed E-state index contributed by atoms with van der Waals surface area (Å²) in [5.41, 5.74) is 1.34. The molecular formula is C21H21ClN6O3S2. The van der Waals surface area contributed by atoms with Crippen molar-refractivity contribution in [3.8, 4) is 0 Å². The molecule has 1 aliphatic heterocycles. The molecule has 0 bridgehead atoms. The third-order valence-corrected chi connectivity index (χ3v) is 7.72. The van der Waals surface area contributed by atoms with Crippen LogP contribution < -0.4 is 10.2 Å². The molecule has 0 radical (unpaired) electrons. The summed E-state index contributed by atoms with van der Waals surface area (Å²) in [4.78, 5) is 29.1. The van der Waals surface area contributed by atoms with Gasteiger partial charge >= 0.3 is 0 Å². The molecule has 1 N–H and O–H groups in total. The Kier molecular flexibility index (Phi) is 6.52. The van der Waals surface area contributed by atoms with E-state index in [2.05, 4.69) is 25.6 Å². The Balaban J connectivity index is 1.07. The van der Waals surface area contributed by atoms with Gasteiger partial charge < -0.3 is 14.3 Å². The van der Waals surface area contributed by atoms with Crippen LogP contribution >= 0.6 is 34.7 Å². The SMILES string of the molecule is O=C(Nc1nnc(SCC(=O)N2CCN(c3ccc(Cl)cc3)CC2)s1)c1cc(C2CC2)on1. The van der Waals surface area contributed by atoms with Crippen molar-refractivity contribution in [2.75, 3.05) is 42.1 Å². The van der Waals surface area contributed by atoms with Gasteiger partial charge in [-0.3, -0.25) is 14.9 Å². The first-order valence-corrected chi connectivity index (χ1v) is 12.8. The van der Waals surface area contributed by atoms with Crippen molar-refractivity contribution in [1.82, 2.24) is 20.3 Å². The lowest BCUT2D eigenvalue weighted by atomic mass is 10.2. The van der Waals surface area contributed by atoms with Gasteiger partial charge in [0.05, 0.1) is 5.75 Å². The average molecular weight is 505 g/mol. The summed E-state index contributed by atoms with van der Waals surface area (Å²) >= 11 is 8.51. The smallest absolute Gasteiger partial charge is 0.279 e. The first kappa shape index (κ1) is 22.2. The molecule has 1 aliphatic carbocycles. The molecule has 3 aromatic rings. The van der Waals surface area contributed by atoms with E-state index < -0.39 is 0 Å². The van der Waals surface area contributed by atoms with Crippen LogP contribution in [0.4, 0.5) is 10.8 Å². The Bertz CT molecular complexity index is 1140. The third kappa shape index (κ3) is 5.48. The highest BCUT2D eigenvalue weighted by Gasteiger charge is 2.29. The summed E-state index contributed by atoms with van der Waals surface area (Å²) in [5.74, 6) is 1.10. The number of anilines is 2. The average Bonchev–Trinajstić information content (AvgIpc) is 3.38. The van der Waals surface area contributed by atoms with E-state index in [-0.39, 0.29) is 23.3 Å². The number of halogens is 1. The molecule has 3 heterocycles. The van der Waals surface area contributed by atoms with Crippen LogP contribution in [-0.2, 0) is 4.79 Å². The number of nitrogens with zero attached hydrogens (tertiary/aromatic N) is 5. The minimum absolute atomic E-state index is 0.0618. The lowest BCUT2D eigenvalue weighted by Crippen LogP contribution is -2.49. The van der Waals surface area contributed by atoms with E-state index in [1.54, 1.807) is 6.07 Å². The number of aromatic nitrogens is 3. The van der Waals surface area contributed by atoms with E-state index in [1.165, 1.54) is 23.1 Å². The highest BCUT2D eigenvalue weighted by molar-refractivity contribution is 8.01. The summed E-state index contributed by atoms with van der Waals surface area (Å²) in [5, 5.41) is 15.6. The van der Waals surface area contributed by atoms with Crippen LogP contribution in [0.5, 0.6) is 0 Å². The maximum atomic E-state index is 12.6. The second kappa shape index (κ2) is 9.70. The van der Waals surface area contributed by atoms with Gasteiger partial charge in [-0.25, -0.2) is 0 Å². The van der Waals surface area contributed by atoms with Crippen LogP contribution in [0.15, 0.2) is 39.2 Å². The van der Waals surface area contributed by atoms with Crippen molar-refractivity contribution in [3.63, 3.8) is 0 Å². The Morgan fingerprint density at radius 3 is 2.64 bits per heavy atom. The second-order valence-corrected chi connectivity index (χ2v) is 10.5. The molecule has 2 aliphatic rings. The van der Waals surface area contributed by atoms with Gasteiger partial charge in [-0.2, -0.15) is 0 Å². The summed E-state index contributed by atoms with van der Waals surface area (Å²) in [6, 6.07) is 9.42. The van der Waals surface area contributed by atoms with Crippen molar-refractivity contribution in [3.05, 3.63) is 46.8 Å². The number of nitrogens with one attached hydrogen (secondary N) is 1. The van der Waals surface area contributed by atoms with Crippen molar-refractivity contribution >= 4 is 57.3 Å². The van der Waals surface area contributed by atoms with Crippen molar-refractivity contribution < 1.29 is 14.1 Å². The maximum Gasteiger partial charge on any atom is 0.279 e. The molecule has 2 amide bonds. The normalized spacial score (nSPS) is 16.2. The van der Waals surface area contributed by atoms with E-state index in [0.717, 1.165) is 37.4 Å². The third-order valence-electron chi connectivity index (χ3n) is 5.51. The molecule has 5 rings (SSSR count). The molecule has 1 saturated carbocycles. The van der Waals surface area contributed by atoms with Gasteiger partial charge in [-0.1, -0.05) is 39.9 Å². The predicted octanol–water partition coefficient (Wildman–Crippen LogP) is 3.75. The van der Waals surface area contributed by atoms with E-state index >= 15 is 0 Å². The monoisotopic (exact) mass is 504 g/mol. The Labute approximate surface area is 203 Å². The topological polar surface area (TPSA) is 104 Å². The van der Waals surface area contributed by atoms with E-state index in [0.29, 0.717) is 33.5 Å². The number of carbonyl (C=O) groups excluding carboxylic acids is 2. The lowest BCUT2D eigenvalue weighted by Gasteiger charge is -2.36. The molecule has 1 aromatic carbocycles. The van der Waals surface area contributed by atoms with E-state index in [4.69, 9.17) is 16.1 Å². The van der Waals surface area contributed by atoms with Gasteiger partial charge in [-0.05, 0) is 37.1 Å². The van der Waals surface area contributed by atoms with Gasteiger partial charge in [0.15, 0.2) is 10.0 Å². The largest absolute Gasteiger partial charge is 0.368 e. The van der Waals surface area contributed by atoms with Crippen LogP contribution in [0, 0.1) is 0 Å². The number of thioether (sulfide) groups is 1. The van der Waals surface area contributed by atoms with Crippen molar-refractivity contribution in [1.29, 1.82) is 0 Å². The molecule has 9 nitrogen and oxygen atoms in total. The minimum atomic E-state index is -0.381.